The van der Waals surface area contributed by atoms with Crippen LogP contribution in [0.5, 0.6) is 5.75 Å². The van der Waals surface area contributed by atoms with E-state index in [9.17, 15) is 4.79 Å². The number of carbonyl (C=O) groups excluding carboxylic acids is 1. The first-order chi connectivity index (χ1) is 9.10. The van der Waals surface area contributed by atoms with Crippen molar-refractivity contribution in [1.29, 1.82) is 0 Å². The Kier molecular flexibility index (Phi) is 3.85. The Labute approximate surface area is 113 Å². The van der Waals surface area contributed by atoms with Gasteiger partial charge in [-0.3, -0.25) is 4.79 Å². The molecule has 98 valence electrons. The summed E-state index contributed by atoms with van der Waals surface area (Å²) >= 11 is 0. The lowest BCUT2D eigenvalue weighted by molar-refractivity contribution is 0.0993. The number of Topliss-reactive ketones (excluding diaryl/α,β-unsaturated/α-hetero) is 1. The monoisotopic (exact) mass is 255 g/mol. The van der Waals surface area contributed by atoms with Gasteiger partial charge in [-0.1, -0.05) is 12.1 Å². The van der Waals surface area contributed by atoms with Crippen LogP contribution in [0.15, 0.2) is 42.5 Å². The van der Waals surface area contributed by atoms with Crippen molar-refractivity contribution in [3.63, 3.8) is 0 Å². The highest BCUT2D eigenvalue weighted by Crippen LogP contribution is 2.17. The Hall–Kier alpha value is -2.29. The summed E-state index contributed by atoms with van der Waals surface area (Å²) in [4.78, 5) is 12.2. The SMILES string of the molecule is COc1cccc(CC(=O)c2ccc(N)c(C)c2)c1. The highest BCUT2D eigenvalue weighted by Gasteiger charge is 2.08. The minimum Gasteiger partial charge on any atom is -0.497 e. The van der Waals surface area contributed by atoms with E-state index in [1.165, 1.54) is 0 Å². The van der Waals surface area contributed by atoms with Crippen LogP contribution >= 0.6 is 0 Å². The van der Waals surface area contributed by atoms with Crippen LogP contribution in [0.1, 0.15) is 21.5 Å². The third-order valence-corrected chi connectivity index (χ3v) is 3.09. The molecule has 19 heavy (non-hydrogen) atoms. The molecule has 2 N–H and O–H groups in total. The Morgan fingerprint density at radius 2 is 2.00 bits per heavy atom. The molecule has 0 saturated heterocycles. The Balaban J connectivity index is 2.18. The standard InChI is InChI=1S/C16H17NO2/c1-11-8-13(6-7-15(11)17)16(18)10-12-4-3-5-14(9-12)19-2/h3-9H,10,17H2,1-2H3. The van der Waals surface area contributed by atoms with Gasteiger partial charge >= 0.3 is 0 Å². The molecule has 2 aromatic rings. The summed E-state index contributed by atoms with van der Waals surface area (Å²) in [6.07, 6.45) is 0.362. The van der Waals surface area contributed by atoms with Crippen molar-refractivity contribution in [2.45, 2.75) is 13.3 Å². The molecule has 0 heterocycles. The predicted octanol–water partition coefficient (Wildman–Crippen LogP) is 3.01. The number of hydrogen-bond donors (Lipinski definition) is 1. The number of ketones is 1. The normalized spacial score (nSPS) is 10.2. The Bertz CT molecular complexity index is 605. The molecule has 0 atom stereocenters. The van der Waals surface area contributed by atoms with E-state index in [4.69, 9.17) is 10.5 Å². The number of methoxy groups -OCH3 is 1. The summed E-state index contributed by atoms with van der Waals surface area (Å²) in [6, 6.07) is 12.9. The van der Waals surface area contributed by atoms with Crippen LogP contribution in [0.4, 0.5) is 5.69 Å². The smallest absolute Gasteiger partial charge is 0.167 e. The topological polar surface area (TPSA) is 52.3 Å². The Morgan fingerprint density at radius 3 is 2.68 bits per heavy atom. The lowest BCUT2D eigenvalue weighted by Gasteiger charge is -2.06. The van der Waals surface area contributed by atoms with E-state index in [1.807, 2.05) is 37.3 Å². The number of nitrogens with two attached hydrogens (primary N) is 1. The molecule has 0 fully saturated rings. The molecule has 0 aliphatic carbocycles. The Morgan fingerprint density at radius 1 is 1.21 bits per heavy atom. The molecular weight excluding hydrogens is 238 g/mol. The van der Waals surface area contributed by atoms with Crippen molar-refractivity contribution in [2.75, 3.05) is 12.8 Å². The van der Waals surface area contributed by atoms with Crippen molar-refractivity contribution in [1.82, 2.24) is 0 Å². The van der Waals surface area contributed by atoms with Crippen LogP contribution in [-0.4, -0.2) is 12.9 Å². The second-order valence-electron chi connectivity index (χ2n) is 4.52. The van der Waals surface area contributed by atoms with Crippen LogP contribution in [0.2, 0.25) is 0 Å². The maximum atomic E-state index is 12.2. The van der Waals surface area contributed by atoms with E-state index in [-0.39, 0.29) is 5.78 Å². The molecule has 0 bridgehead atoms. The van der Waals surface area contributed by atoms with Crippen LogP contribution in [0.25, 0.3) is 0 Å². The minimum atomic E-state index is 0.0800. The zero-order valence-electron chi connectivity index (χ0n) is 11.1. The van der Waals surface area contributed by atoms with E-state index in [1.54, 1.807) is 19.2 Å². The third kappa shape index (κ3) is 3.13. The molecule has 3 heteroatoms. The van der Waals surface area contributed by atoms with Crippen molar-refractivity contribution < 1.29 is 9.53 Å². The maximum Gasteiger partial charge on any atom is 0.167 e. The molecule has 0 aliphatic heterocycles. The zero-order valence-corrected chi connectivity index (χ0v) is 11.1. The largest absolute Gasteiger partial charge is 0.497 e. The second-order valence-corrected chi connectivity index (χ2v) is 4.52. The fourth-order valence-electron chi connectivity index (χ4n) is 1.92. The summed E-state index contributed by atoms with van der Waals surface area (Å²) in [5, 5.41) is 0. The van der Waals surface area contributed by atoms with Gasteiger partial charge in [0.05, 0.1) is 7.11 Å². The summed E-state index contributed by atoms with van der Waals surface area (Å²) in [5.74, 6) is 0.843. The van der Waals surface area contributed by atoms with Gasteiger partial charge in [-0.2, -0.15) is 0 Å². The number of hydrogen-bond acceptors (Lipinski definition) is 3. The van der Waals surface area contributed by atoms with E-state index in [0.29, 0.717) is 17.7 Å². The van der Waals surface area contributed by atoms with Crippen LogP contribution in [0, 0.1) is 6.92 Å². The van der Waals surface area contributed by atoms with Gasteiger partial charge in [-0.05, 0) is 48.4 Å². The number of benzene rings is 2. The number of rotatable bonds is 4. The van der Waals surface area contributed by atoms with Crippen LogP contribution in [0.3, 0.4) is 0 Å². The number of ether oxygens (including phenoxy) is 1. The van der Waals surface area contributed by atoms with Gasteiger partial charge in [0.25, 0.3) is 0 Å². The zero-order chi connectivity index (χ0) is 13.8. The molecule has 0 spiro atoms. The van der Waals surface area contributed by atoms with E-state index in [0.717, 1.165) is 16.9 Å². The average molecular weight is 255 g/mol. The van der Waals surface area contributed by atoms with Crippen molar-refractivity contribution in [2.24, 2.45) is 0 Å². The molecule has 2 rings (SSSR count). The maximum absolute atomic E-state index is 12.2. The number of aryl methyl sites for hydroxylation is 1. The van der Waals surface area contributed by atoms with E-state index >= 15 is 0 Å². The first kappa shape index (κ1) is 13.1. The first-order valence-corrected chi connectivity index (χ1v) is 6.12. The van der Waals surface area contributed by atoms with Gasteiger partial charge in [0.1, 0.15) is 5.75 Å². The van der Waals surface area contributed by atoms with Gasteiger partial charge in [-0.25, -0.2) is 0 Å². The number of carbonyl (C=O) groups is 1. The number of nitrogen functional groups attached to an aromatic ring is 1. The lowest BCUT2D eigenvalue weighted by atomic mass is 10.0. The van der Waals surface area contributed by atoms with Gasteiger partial charge < -0.3 is 10.5 Å². The molecule has 0 unspecified atom stereocenters. The van der Waals surface area contributed by atoms with Crippen LogP contribution < -0.4 is 10.5 Å². The molecule has 2 aromatic carbocycles. The molecule has 3 nitrogen and oxygen atoms in total. The quantitative estimate of drug-likeness (QED) is 0.675. The summed E-state index contributed by atoms with van der Waals surface area (Å²) in [7, 11) is 1.62. The van der Waals surface area contributed by atoms with Gasteiger partial charge in [0.2, 0.25) is 0 Å². The number of anilines is 1. The summed E-state index contributed by atoms with van der Waals surface area (Å²) in [5.41, 5.74) is 9.02. The molecule has 0 amide bonds. The fourth-order valence-corrected chi connectivity index (χ4v) is 1.92. The van der Waals surface area contributed by atoms with Crippen molar-refractivity contribution >= 4 is 11.5 Å². The summed E-state index contributed by atoms with van der Waals surface area (Å²) < 4.78 is 5.15. The van der Waals surface area contributed by atoms with E-state index < -0.39 is 0 Å². The highest BCUT2D eigenvalue weighted by atomic mass is 16.5. The fraction of sp³-hybridized carbons (Fsp3) is 0.188. The molecule has 0 saturated carbocycles. The molecule has 0 aromatic heterocycles. The van der Waals surface area contributed by atoms with Gasteiger partial charge in [0, 0.05) is 17.7 Å². The lowest BCUT2D eigenvalue weighted by Crippen LogP contribution is -2.04. The molecule has 0 aliphatic rings. The van der Waals surface area contributed by atoms with E-state index in [2.05, 4.69) is 0 Å². The van der Waals surface area contributed by atoms with Gasteiger partial charge in [0.15, 0.2) is 5.78 Å². The average Bonchev–Trinajstić information content (AvgIpc) is 2.42. The third-order valence-electron chi connectivity index (χ3n) is 3.09. The summed E-state index contributed by atoms with van der Waals surface area (Å²) in [6.45, 7) is 1.90. The predicted molar refractivity (Wildman–Crippen MR) is 76.6 cm³/mol. The first-order valence-electron chi connectivity index (χ1n) is 6.12. The van der Waals surface area contributed by atoms with Gasteiger partial charge in [-0.15, -0.1) is 0 Å². The highest BCUT2D eigenvalue weighted by molar-refractivity contribution is 5.98. The van der Waals surface area contributed by atoms with Crippen molar-refractivity contribution in [3.8, 4) is 5.75 Å². The molecule has 0 radical (unpaired) electrons. The second kappa shape index (κ2) is 5.57. The van der Waals surface area contributed by atoms with Crippen LogP contribution in [-0.2, 0) is 6.42 Å². The molecular formula is C16H17NO2. The minimum absolute atomic E-state index is 0.0800. The van der Waals surface area contributed by atoms with Crippen molar-refractivity contribution in [3.05, 3.63) is 59.2 Å².